The maximum atomic E-state index is 12.5. The zero-order valence-corrected chi connectivity index (χ0v) is 15.1. The van der Waals surface area contributed by atoms with Gasteiger partial charge in [-0.1, -0.05) is 36.4 Å². The normalized spacial score (nSPS) is 27.2. The molecule has 3 rings (SSSR count). The number of carbonyl (C=O) groups excluding carboxylic acids is 3. The topological polar surface area (TPSA) is 78.9 Å². The molecule has 0 radical (unpaired) electrons. The highest BCUT2D eigenvalue weighted by Gasteiger charge is 2.70. The molecule has 2 aliphatic rings. The SMILES string of the molecule is COC(=O)C1(C(=O)OC)C[C@@H]2C/C(=C\c3ccccc3)[C@]2(OC(C)=O)C1. The standard InChI is InChI=1S/C20H22O6/c1-13(21)26-20-12-19(17(22)24-2,18(23)25-3)11-16(20)10-15(20)9-14-7-5-4-6-8-14/h4-9,16H,10-12H2,1-3H3/b15-9+/t16-,20+/m0/s1. The van der Waals surface area contributed by atoms with Crippen molar-refractivity contribution in [2.75, 3.05) is 14.2 Å². The zero-order valence-electron chi connectivity index (χ0n) is 15.1. The predicted molar refractivity (Wildman–Crippen MR) is 92.7 cm³/mol. The molecule has 0 aromatic heterocycles. The molecule has 0 bridgehead atoms. The van der Waals surface area contributed by atoms with Crippen LogP contribution in [0.25, 0.3) is 6.08 Å². The number of carbonyl (C=O) groups is 3. The number of methoxy groups -OCH3 is 2. The van der Waals surface area contributed by atoms with Gasteiger partial charge in [-0.25, -0.2) is 0 Å². The van der Waals surface area contributed by atoms with Crippen molar-refractivity contribution in [3.05, 3.63) is 41.5 Å². The molecule has 1 aromatic rings. The van der Waals surface area contributed by atoms with E-state index in [2.05, 4.69) is 0 Å². The van der Waals surface area contributed by atoms with E-state index in [1.165, 1.54) is 21.1 Å². The maximum absolute atomic E-state index is 12.5. The minimum Gasteiger partial charge on any atom is -0.468 e. The predicted octanol–water partition coefficient (Wildman–Crippen LogP) is 2.52. The van der Waals surface area contributed by atoms with Crippen LogP contribution in [-0.4, -0.2) is 37.7 Å². The lowest BCUT2D eigenvalue weighted by molar-refractivity contribution is -0.173. The van der Waals surface area contributed by atoms with Crippen molar-refractivity contribution in [2.45, 2.75) is 31.8 Å². The van der Waals surface area contributed by atoms with E-state index in [4.69, 9.17) is 14.2 Å². The number of ether oxygens (including phenoxy) is 3. The van der Waals surface area contributed by atoms with Gasteiger partial charge < -0.3 is 14.2 Å². The van der Waals surface area contributed by atoms with Gasteiger partial charge in [0.1, 0.15) is 5.60 Å². The van der Waals surface area contributed by atoms with Crippen molar-refractivity contribution in [3.63, 3.8) is 0 Å². The smallest absolute Gasteiger partial charge is 0.323 e. The summed E-state index contributed by atoms with van der Waals surface area (Å²) < 4.78 is 15.5. The lowest BCUT2D eigenvalue weighted by Gasteiger charge is -2.46. The van der Waals surface area contributed by atoms with Crippen molar-refractivity contribution in [3.8, 4) is 0 Å². The fourth-order valence-electron chi connectivity index (χ4n) is 4.33. The third-order valence-corrected chi connectivity index (χ3v) is 5.45. The molecule has 26 heavy (non-hydrogen) atoms. The van der Waals surface area contributed by atoms with E-state index in [0.29, 0.717) is 6.42 Å². The van der Waals surface area contributed by atoms with Crippen molar-refractivity contribution in [2.24, 2.45) is 11.3 Å². The van der Waals surface area contributed by atoms with Crippen LogP contribution >= 0.6 is 0 Å². The van der Waals surface area contributed by atoms with Crippen molar-refractivity contribution in [1.29, 1.82) is 0 Å². The highest BCUT2D eigenvalue weighted by atomic mass is 16.6. The fraction of sp³-hybridized carbons (Fsp3) is 0.450. The van der Waals surface area contributed by atoms with Crippen LogP contribution in [0.3, 0.4) is 0 Å². The van der Waals surface area contributed by atoms with Gasteiger partial charge in [-0.2, -0.15) is 0 Å². The molecule has 1 aromatic carbocycles. The quantitative estimate of drug-likeness (QED) is 0.467. The average Bonchev–Trinajstić information content (AvgIpc) is 2.89. The Kier molecular flexibility index (Phi) is 4.61. The molecule has 0 aliphatic heterocycles. The second-order valence-electron chi connectivity index (χ2n) is 6.91. The summed E-state index contributed by atoms with van der Waals surface area (Å²) >= 11 is 0. The van der Waals surface area contributed by atoms with E-state index in [-0.39, 0.29) is 18.8 Å². The molecule has 138 valence electrons. The molecule has 0 amide bonds. The monoisotopic (exact) mass is 358 g/mol. The molecule has 0 saturated heterocycles. The third-order valence-electron chi connectivity index (χ3n) is 5.45. The molecule has 2 atom stereocenters. The Balaban J connectivity index is 2.03. The summed E-state index contributed by atoms with van der Waals surface area (Å²) in [7, 11) is 2.49. The molecule has 0 heterocycles. The average molecular weight is 358 g/mol. The van der Waals surface area contributed by atoms with Gasteiger partial charge in [0.25, 0.3) is 0 Å². The summed E-state index contributed by atoms with van der Waals surface area (Å²) in [5.74, 6) is -1.87. The van der Waals surface area contributed by atoms with Gasteiger partial charge in [0, 0.05) is 19.3 Å². The lowest BCUT2D eigenvalue weighted by atomic mass is 9.66. The van der Waals surface area contributed by atoms with E-state index >= 15 is 0 Å². The first kappa shape index (κ1) is 18.2. The first-order chi connectivity index (χ1) is 12.4. The Labute approximate surface area is 152 Å². The van der Waals surface area contributed by atoms with E-state index in [9.17, 15) is 14.4 Å². The highest BCUT2D eigenvalue weighted by Crippen LogP contribution is 2.63. The van der Waals surface area contributed by atoms with E-state index in [1.54, 1.807) is 0 Å². The summed E-state index contributed by atoms with van der Waals surface area (Å²) in [6.07, 6.45) is 2.90. The summed E-state index contributed by atoms with van der Waals surface area (Å²) in [4.78, 5) is 36.7. The highest BCUT2D eigenvalue weighted by molar-refractivity contribution is 6.01. The van der Waals surface area contributed by atoms with Crippen LogP contribution in [0.1, 0.15) is 31.7 Å². The van der Waals surface area contributed by atoms with Crippen LogP contribution in [0.2, 0.25) is 0 Å². The summed E-state index contributed by atoms with van der Waals surface area (Å²) in [5, 5.41) is 0. The van der Waals surface area contributed by atoms with E-state index < -0.39 is 28.9 Å². The molecule has 6 heteroatoms. The molecule has 0 N–H and O–H groups in total. The van der Waals surface area contributed by atoms with E-state index in [0.717, 1.165) is 11.1 Å². The minimum atomic E-state index is -1.45. The van der Waals surface area contributed by atoms with Gasteiger partial charge in [-0.3, -0.25) is 14.4 Å². The Morgan fingerprint density at radius 3 is 2.23 bits per heavy atom. The molecular weight excluding hydrogens is 336 g/mol. The van der Waals surface area contributed by atoms with Gasteiger partial charge in [0.05, 0.1) is 14.2 Å². The largest absolute Gasteiger partial charge is 0.468 e. The van der Waals surface area contributed by atoms with Gasteiger partial charge in [-0.15, -0.1) is 0 Å². The fourth-order valence-corrected chi connectivity index (χ4v) is 4.33. The van der Waals surface area contributed by atoms with Gasteiger partial charge in [0.15, 0.2) is 5.41 Å². The minimum absolute atomic E-state index is 0.0439. The number of esters is 3. The molecule has 6 nitrogen and oxygen atoms in total. The van der Waals surface area contributed by atoms with Crippen LogP contribution in [0.5, 0.6) is 0 Å². The number of fused-ring (bicyclic) bond motifs is 1. The Hall–Kier alpha value is -2.63. The summed E-state index contributed by atoms with van der Waals surface area (Å²) in [6, 6.07) is 9.66. The summed E-state index contributed by atoms with van der Waals surface area (Å²) in [6.45, 7) is 1.33. The second-order valence-corrected chi connectivity index (χ2v) is 6.91. The molecule has 0 unspecified atom stereocenters. The Bertz CT molecular complexity index is 750. The third kappa shape index (κ3) is 2.69. The molecule has 2 saturated carbocycles. The molecule has 2 fully saturated rings. The van der Waals surface area contributed by atoms with Gasteiger partial charge >= 0.3 is 17.9 Å². The lowest BCUT2D eigenvalue weighted by Crippen LogP contribution is -2.50. The first-order valence-electron chi connectivity index (χ1n) is 8.50. The van der Waals surface area contributed by atoms with Gasteiger partial charge in [0.2, 0.25) is 0 Å². The van der Waals surface area contributed by atoms with Crippen LogP contribution < -0.4 is 0 Å². The Morgan fingerprint density at radius 1 is 1.08 bits per heavy atom. The van der Waals surface area contributed by atoms with Crippen molar-refractivity contribution in [1.82, 2.24) is 0 Å². The number of benzene rings is 1. The van der Waals surface area contributed by atoms with Crippen LogP contribution in [-0.2, 0) is 28.6 Å². The molecule has 2 aliphatic carbocycles. The van der Waals surface area contributed by atoms with Crippen molar-refractivity contribution < 1.29 is 28.6 Å². The number of hydrogen-bond donors (Lipinski definition) is 0. The zero-order chi connectivity index (χ0) is 18.9. The number of rotatable bonds is 4. The van der Waals surface area contributed by atoms with Crippen molar-refractivity contribution >= 4 is 24.0 Å². The molecular formula is C20H22O6. The summed E-state index contributed by atoms with van der Waals surface area (Å²) in [5.41, 5.74) is -0.542. The van der Waals surface area contributed by atoms with Gasteiger partial charge in [-0.05, 0) is 24.0 Å². The molecule has 0 spiro atoms. The number of hydrogen-bond acceptors (Lipinski definition) is 6. The second kappa shape index (κ2) is 6.59. The van der Waals surface area contributed by atoms with Crippen LogP contribution in [0.4, 0.5) is 0 Å². The Morgan fingerprint density at radius 2 is 1.69 bits per heavy atom. The van der Waals surface area contributed by atoms with E-state index in [1.807, 2.05) is 36.4 Å². The van der Waals surface area contributed by atoms with Crippen LogP contribution in [0.15, 0.2) is 35.9 Å². The van der Waals surface area contributed by atoms with Crippen LogP contribution in [0, 0.1) is 11.3 Å². The first-order valence-corrected chi connectivity index (χ1v) is 8.50. The maximum Gasteiger partial charge on any atom is 0.323 e.